The van der Waals surface area contributed by atoms with Crippen LogP contribution in [0.5, 0.6) is 0 Å². The molecule has 39 heavy (non-hydrogen) atoms. The number of aliphatic hydroxyl groups excluding tert-OH is 1. The third-order valence-electron chi connectivity index (χ3n) is 4.77. The number of carboxylic acids is 1. The van der Waals surface area contributed by atoms with E-state index in [-0.39, 0.29) is 24.9 Å². The minimum Gasteiger partial charge on any atom is -0.481 e. The van der Waals surface area contributed by atoms with E-state index in [4.69, 9.17) is 29.2 Å². The monoisotopic (exact) mass is 558 g/mol. The van der Waals surface area contributed by atoms with Crippen molar-refractivity contribution in [2.45, 2.75) is 99.9 Å². The topological polar surface area (TPSA) is 112 Å². The summed E-state index contributed by atoms with van der Waals surface area (Å²) >= 11 is 0. The predicted molar refractivity (Wildman–Crippen MR) is 160 cm³/mol. The molecule has 1 atom stereocenters. The first-order valence-electron chi connectivity index (χ1n) is 13.8. The number of aliphatic hydroxyl groups is 1. The number of hydrogen-bond donors (Lipinski definition) is 2. The fraction of sp³-hybridized carbons (Fsp3) is 0.677. The van der Waals surface area contributed by atoms with Crippen molar-refractivity contribution < 1.29 is 38.7 Å². The van der Waals surface area contributed by atoms with E-state index in [1.807, 2.05) is 59.8 Å². The molecular formula is C31H58O8. The van der Waals surface area contributed by atoms with Crippen LogP contribution in [0.1, 0.15) is 93.9 Å². The quantitative estimate of drug-likeness (QED) is 0.0783. The molecule has 0 aliphatic carbocycles. The summed E-state index contributed by atoms with van der Waals surface area (Å²) in [4.78, 5) is 20.6. The van der Waals surface area contributed by atoms with Gasteiger partial charge in [0.2, 0.25) is 0 Å². The van der Waals surface area contributed by atoms with Crippen LogP contribution in [0.25, 0.3) is 0 Å². The van der Waals surface area contributed by atoms with E-state index in [1.54, 1.807) is 13.8 Å². The lowest BCUT2D eigenvalue weighted by Crippen LogP contribution is -2.35. The Labute approximate surface area is 238 Å². The van der Waals surface area contributed by atoms with Crippen molar-refractivity contribution in [3.8, 4) is 0 Å². The molecule has 0 saturated heterocycles. The summed E-state index contributed by atoms with van der Waals surface area (Å²) in [5, 5.41) is 16.3. The molecule has 0 bridgehead atoms. The lowest BCUT2D eigenvalue weighted by atomic mass is 9.93. The van der Waals surface area contributed by atoms with Crippen LogP contribution < -0.4 is 0 Å². The van der Waals surface area contributed by atoms with Gasteiger partial charge in [-0.2, -0.15) is 0 Å². The van der Waals surface area contributed by atoms with Crippen LogP contribution in [-0.2, 0) is 28.5 Å². The molecule has 0 fully saturated rings. The molecule has 0 aromatic rings. The number of ether oxygens (including phenoxy) is 4. The van der Waals surface area contributed by atoms with Crippen LogP contribution in [0.15, 0.2) is 49.1 Å². The van der Waals surface area contributed by atoms with Gasteiger partial charge in [-0.05, 0) is 73.1 Å². The third-order valence-corrected chi connectivity index (χ3v) is 4.77. The van der Waals surface area contributed by atoms with Crippen molar-refractivity contribution in [1.29, 1.82) is 0 Å². The molecule has 0 aliphatic rings. The Balaban J connectivity index is -0.000000221. The highest BCUT2D eigenvalue weighted by molar-refractivity contribution is 5.70. The SMILES string of the molecule is C=CCCC(CC(=O)OCC)C(=C)C.C=CCCC=C(C)CO.CCC(=O)O.CCOC(C)(OCC)OCC. The molecule has 0 aliphatic heterocycles. The molecule has 0 aromatic heterocycles. The van der Waals surface area contributed by atoms with Crippen molar-refractivity contribution in [2.24, 2.45) is 5.92 Å². The molecule has 2 N–H and O–H groups in total. The van der Waals surface area contributed by atoms with Gasteiger partial charge in [0.1, 0.15) is 0 Å². The second-order valence-corrected chi connectivity index (χ2v) is 8.40. The Bertz CT molecular complexity index is 638. The first-order valence-corrected chi connectivity index (χ1v) is 13.8. The number of unbranched alkanes of at least 4 members (excludes halogenated alkanes) is 1. The summed E-state index contributed by atoms with van der Waals surface area (Å²) < 4.78 is 20.7. The zero-order valence-electron chi connectivity index (χ0n) is 26.1. The number of carbonyl (C=O) groups is 2. The Morgan fingerprint density at radius 3 is 1.64 bits per heavy atom. The van der Waals surface area contributed by atoms with Crippen LogP contribution in [0.2, 0.25) is 0 Å². The van der Waals surface area contributed by atoms with E-state index in [9.17, 15) is 9.59 Å². The standard InChI is InChI=1S/C12H20O2.C8H18O3.C8H14O.C3H6O2/c1-5-7-8-11(10(3)4)9-12(13)14-6-2;1-5-9-8(4,10-6-2)11-7-3;1-3-4-5-6-8(2)7-9;1-2-3(4)5/h5,11H,1,3,6-9H2,2,4H3;5-7H2,1-4H3;3,6,9H,1,4-5,7H2,2H3;2H2,1H3,(H,4,5). The number of carboxylic acid groups (broad SMARTS) is 1. The highest BCUT2D eigenvalue weighted by atomic mass is 16.9. The molecule has 230 valence electrons. The second-order valence-electron chi connectivity index (χ2n) is 8.40. The summed E-state index contributed by atoms with van der Waals surface area (Å²) in [6, 6.07) is 0. The van der Waals surface area contributed by atoms with Crippen LogP contribution in [0.3, 0.4) is 0 Å². The largest absolute Gasteiger partial charge is 0.481 e. The van der Waals surface area contributed by atoms with E-state index >= 15 is 0 Å². The fourth-order valence-electron chi connectivity index (χ4n) is 2.69. The summed E-state index contributed by atoms with van der Waals surface area (Å²) in [7, 11) is 0. The van der Waals surface area contributed by atoms with E-state index in [0.717, 1.165) is 36.8 Å². The molecule has 0 heterocycles. The molecule has 0 radical (unpaired) electrons. The molecule has 1 unspecified atom stereocenters. The number of carbonyl (C=O) groups excluding carboxylic acids is 1. The number of aliphatic carboxylic acids is 1. The van der Waals surface area contributed by atoms with Gasteiger partial charge in [-0.3, -0.25) is 9.59 Å². The lowest BCUT2D eigenvalue weighted by molar-refractivity contribution is -0.365. The summed E-state index contributed by atoms with van der Waals surface area (Å²) in [6.45, 7) is 28.3. The summed E-state index contributed by atoms with van der Waals surface area (Å²) in [5.41, 5.74) is 2.08. The van der Waals surface area contributed by atoms with Gasteiger partial charge in [-0.25, -0.2) is 0 Å². The van der Waals surface area contributed by atoms with E-state index in [2.05, 4.69) is 19.7 Å². The number of allylic oxidation sites excluding steroid dienone is 4. The van der Waals surface area contributed by atoms with E-state index < -0.39 is 11.9 Å². The van der Waals surface area contributed by atoms with Crippen LogP contribution in [-0.4, -0.2) is 61.2 Å². The molecule has 0 saturated carbocycles. The second kappa shape index (κ2) is 32.0. The summed E-state index contributed by atoms with van der Waals surface area (Å²) in [5.74, 6) is -1.50. The minimum absolute atomic E-state index is 0.135. The maximum atomic E-state index is 11.2. The predicted octanol–water partition coefficient (Wildman–Crippen LogP) is 7.24. The van der Waals surface area contributed by atoms with Gasteiger partial charge in [-0.1, -0.05) is 42.9 Å². The normalized spacial score (nSPS) is 11.3. The van der Waals surface area contributed by atoms with Gasteiger partial charge in [-0.15, -0.1) is 13.2 Å². The number of esters is 1. The van der Waals surface area contributed by atoms with Gasteiger partial charge >= 0.3 is 11.9 Å². The first kappa shape index (κ1) is 43.8. The Morgan fingerprint density at radius 1 is 0.872 bits per heavy atom. The number of hydrogen-bond acceptors (Lipinski definition) is 7. The van der Waals surface area contributed by atoms with Crippen molar-refractivity contribution in [3.05, 3.63) is 49.1 Å². The zero-order chi connectivity index (χ0) is 31.1. The summed E-state index contributed by atoms with van der Waals surface area (Å²) in [6.07, 6.45) is 10.3. The Morgan fingerprint density at radius 2 is 1.33 bits per heavy atom. The highest BCUT2D eigenvalue weighted by Gasteiger charge is 2.24. The average molecular weight is 559 g/mol. The first-order chi connectivity index (χ1) is 18.4. The number of rotatable bonds is 18. The molecule has 0 amide bonds. The van der Waals surface area contributed by atoms with Gasteiger partial charge in [0.25, 0.3) is 5.97 Å². The molecule has 8 nitrogen and oxygen atoms in total. The van der Waals surface area contributed by atoms with E-state index in [0.29, 0.717) is 32.8 Å². The minimum atomic E-state index is -0.849. The highest BCUT2D eigenvalue weighted by Crippen LogP contribution is 2.20. The van der Waals surface area contributed by atoms with Crippen LogP contribution >= 0.6 is 0 Å². The maximum absolute atomic E-state index is 11.2. The van der Waals surface area contributed by atoms with Crippen LogP contribution in [0.4, 0.5) is 0 Å². The van der Waals surface area contributed by atoms with Crippen molar-refractivity contribution in [3.63, 3.8) is 0 Å². The van der Waals surface area contributed by atoms with E-state index in [1.165, 1.54) is 0 Å². The lowest BCUT2D eigenvalue weighted by Gasteiger charge is -2.27. The fourth-order valence-corrected chi connectivity index (χ4v) is 2.69. The van der Waals surface area contributed by atoms with Gasteiger partial charge in [0.15, 0.2) is 0 Å². The zero-order valence-corrected chi connectivity index (χ0v) is 26.1. The average Bonchev–Trinajstić information content (AvgIpc) is 2.88. The molecule has 0 aromatic carbocycles. The van der Waals surface area contributed by atoms with Gasteiger partial charge in [0, 0.05) is 33.2 Å². The Kier molecular flexibility index (Phi) is 35.9. The Hall–Kier alpha value is -2.26. The molecular weight excluding hydrogens is 500 g/mol. The molecule has 0 spiro atoms. The third kappa shape index (κ3) is 35.7. The maximum Gasteiger partial charge on any atom is 0.306 e. The molecule has 0 rings (SSSR count). The van der Waals surface area contributed by atoms with Crippen molar-refractivity contribution in [1.82, 2.24) is 0 Å². The van der Waals surface area contributed by atoms with Gasteiger partial charge in [0.05, 0.1) is 19.6 Å². The van der Waals surface area contributed by atoms with Crippen molar-refractivity contribution >= 4 is 11.9 Å². The van der Waals surface area contributed by atoms with Crippen LogP contribution in [0, 0.1) is 5.92 Å². The smallest absolute Gasteiger partial charge is 0.306 e. The van der Waals surface area contributed by atoms with Crippen molar-refractivity contribution in [2.75, 3.05) is 33.0 Å². The molecule has 8 heteroatoms. The van der Waals surface area contributed by atoms with Gasteiger partial charge < -0.3 is 29.2 Å².